The van der Waals surface area contributed by atoms with Crippen molar-refractivity contribution < 1.29 is 14.0 Å². The number of anilines is 1. The molecule has 2 amide bonds. The Kier molecular flexibility index (Phi) is 5.08. The van der Waals surface area contributed by atoms with Crippen molar-refractivity contribution in [1.82, 2.24) is 5.32 Å². The van der Waals surface area contributed by atoms with Crippen molar-refractivity contribution in [3.8, 4) is 0 Å². The molecule has 25 heavy (non-hydrogen) atoms. The molecule has 3 rings (SSSR count). The van der Waals surface area contributed by atoms with Gasteiger partial charge in [-0.25, -0.2) is 4.39 Å². The Labute approximate surface area is 150 Å². The Morgan fingerprint density at radius 1 is 1.12 bits per heavy atom. The Morgan fingerprint density at radius 2 is 1.84 bits per heavy atom. The maximum Gasteiger partial charge on any atom is 0.313 e. The van der Waals surface area contributed by atoms with Crippen molar-refractivity contribution in [3.05, 3.63) is 59.9 Å². The number of thioether (sulfide) groups is 1. The predicted octanol–water partition coefficient (Wildman–Crippen LogP) is 3.33. The number of hydrogen-bond donors (Lipinski definition) is 2. The minimum Gasteiger partial charge on any atom is -0.347 e. The van der Waals surface area contributed by atoms with Crippen LogP contribution in [0.5, 0.6) is 0 Å². The second-order valence-electron chi connectivity index (χ2n) is 6.16. The molecule has 130 valence electrons. The summed E-state index contributed by atoms with van der Waals surface area (Å²) in [5, 5.41) is 5.30. The van der Waals surface area contributed by atoms with Crippen molar-refractivity contribution in [2.24, 2.45) is 0 Å². The van der Waals surface area contributed by atoms with E-state index in [1.807, 2.05) is 24.5 Å². The summed E-state index contributed by atoms with van der Waals surface area (Å²) < 4.78 is 13.1. The first kappa shape index (κ1) is 17.5. The third-order valence-electron chi connectivity index (χ3n) is 4.43. The molecular weight excluding hydrogens is 339 g/mol. The Bertz CT molecular complexity index is 788. The van der Waals surface area contributed by atoms with Crippen molar-refractivity contribution in [2.45, 2.75) is 23.2 Å². The Morgan fingerprint density at radius 3 is 2.48 bits per heavy atom. The second kappa shape index (κ2) is 7.27. The molecule has 0 bridgehead atoms. The van der Waals surface area contributed by atoms with Gasteiger partial charge in [0.15, 0.2) is 0 Å². The van der Waals surface area contributed by atoms with Crippen LogP contribution < -0.4 is 10.6 Å². The average Bonchev–Trinajstić information content (AvgIpc) is 3.41. The van der Waals surface area contributed by atoms with E-state index >= 15 is 0 Å². The van der Waals surface area contributed by atoms with E-state index in [0.29, 0.717) is 12.2 Å². The van der Waals surface area contributed by atoms with E-state index in [4.69, 9.17) is 0 Å². The monoisotopic (exact) mass is 358 g/mol. The van der Waals surface area contributed by atoms with Gasteiger partial charge in [-0.3, -0.25) is 9.59 Å². The molecule has 0 atom stereocenters. The highest BCUT2D eigenvalue weighted by Gasteiger charge is 2.44. The summed E-state index contributed by atoms with van der Waals surface area (Å²) in [5.74, 6) is -1.63. The largest absolute Gasteiger partial charge is 0.347 e. The van der Waals surface area contributed by atoms with Gasteiger partial charge in [-0.1, -0.05) is 18.2 Å². The summed E-state index contributed by atoms with van der Waals surface area (Å²) in [6.07, 6.45) is 3.77. The normalized spacial score (nSPS) is 14.6. The molecule has 0 aliphatic heterocycles. The zero-order valence-corrected chi connectivity index (χ0v) is 14.7. The lowest BCUT2D eigenvalue weighted by Crippen LogP contribution is -2.39. The van der Waals surface area contributed by atoms with E-state index in [1.54, 1.807) is 30.0 Å². The van der Waals surface area contributed by atoms with Crippen LogP contribution in [-0.4, -0.2) is 24.6 Å². The van der Waals surface area contributed by atoms with Crippen molar-refractivity contribution in [2.75, 3.05) is 18.1 Å². The van der Waals surface area contributed by atoms with Gasteiger partial charge in [0.1, 0.15) is 5.82 Å². The van der Waals surface area contributed by atoms with Crippen LogP contribution in [-0.2, 0) is 15.0 Å². The molecule has 1 aliphatic carbocycles. The number of rotatable bonds is 5. The maximum absolute atomic E-state index is 13.1. The summed E-state index contributed by atoms with van der Waals surface area (Å²) in [7, 11) is 0. The molecular formula is C19H19FN2O2S. The number of carbonyl (C=O) groups is 2. The molecule has 1 saturated carbocycles. The zero-order valence-electron chi connectivity index (χ0n) is 13.8. The minimum atomic E-state index is -0.687. The van der Waals surface area contributed by atoms with Gasteiger partial charge in [0, 0.05) is 22.5 Å². The highest BCUT2D eigenvalue weighted by molar-refractivity contribution is 7.98. The first-order chi connectivity index (χ1) is 12.0. The summed E-state index contributed by atoms with van der Waals surface area (Å²) in [6.45, 7) is 0.371. The number of amides is 2. The maximum atomic E-state index is 13.1. The SMILES string of the molecule is CSc1cccc(NC(=O)C(=O)NCC2(c3ccc(F)cc3)CC2)c1. The molecule has 0 heterocycles. The zero-order chi connectivity index (χ0) is 17.9. The van der Waals surface area contributed by atoms with Gasteiger partial charge in [-0.05, 0) is 55.0 Å². The molecule has 4 nitrogen and oxygen atoms in total. The number of halogens is 1. The summed E-state index contributed by atoms with van der Waals surface area (Å²) in [4.78, 5) is 25.1. The Hall–Kier alpha value is -2.34. The van der Waals surface area contributed by atoms with Gasteiger partial charge >= 0.3 is 11.8 Å². The molecule has 0 saturated heterocycles. The van der Waals surface area contributed by atoms with Crippen LogP contribution in [0.3, 0.4) is 0 Å². The van der Waals surface area contributed by atoms with Crippen LogP contribution in [0.1, 0.15) is 18.4 Å². The minimum absolute atomic E-state index is 0.178. The van der Waals surface area contributed by atoms with Crippen LogP contribution in [0, 0.1) is 5.82 Å². The third-order valence-corrected chi connectivity index (χ3v) is 5.16. The lowest BCUT2D eigenvalue weighted by molar-refractivity contribution is -0.136. The average molecular weight is 358 g/mol. The van der Waals surface area contributed by atoms with E-state index in [1.165, 1.54) is 12.1 Å². The van der Waals surface area contributed by atoms with E-state index in [9.17, 15) is 14.0 Å². The fraction of sp³-hybridized carbons (Fsp3) is 0.263. The van der Waals surface area contributed by atoms with Crippen molar-refractivity contribution in [1.29, 1.82) is 0 Å². The van der Waals surface area contributed by atoms with Crippen LogP contribution in [0.4, 0.5) is 10.1 Å². The van der Waals surface area contributed by atoms with Crippen molar-refractivity contribution in [3.63, 3.8) is 0 Å². The van der Waals surface area contributed by atoms with E-state index in [0.717, 1.165) is 23.3 Å². The first-order valence-electron chi connectivity index (χ1n) is 8.02. The van der Waals surface area contributed by atoms with Gasteiger partial charge in [0.05, 0.1) is 0 Å². The molecule has 0 unspecified atom stereocenters. The predicted molar refractivity (Wildman–Crippen MR) is 97.2 cm³/mol. The fourth-order valence-electron chi connectivity index (χ4n) is 2.74. The lowest BCUT2D eigenvalue weighted by atomic mass is 9.96. The van der Waals surface area contributed by atoms with E-state index in [2.05, 4.69) is 10.6 Å². The summed E-state index contributed by atoms with van der Waals surface area (Å²) >= 11 is 1.56. The highest BCUT2D eigenvalue weighted by atomic mass is 32.2. The van der Waals surface area contributed by atoms with E-state index in [-0.39, 0.29) is 11.2 Å². The standard InChI is InChI=1S/C19H19FN2O2S/c1-25-16-4-2-3-15(11-16)22-18(24)17(23)21-12-19(9-10-19)13-5-7-14(20)8-6-13/h2-8,11H,9-10,12H2,1H3,(H,21,23)(H,22,24). The smallest absolute Gasteiger partial charge is 0.313 e. The highest BCUT2D eigenvalue weighted by Crippen LogP contribution is 2.47. The number of benzene rings is 2. The molecule has 1 aliphatic rings. The van der Waals surface area contributed by atoms with Gasteiger partial charge in [0.2, 0.25) is 0 Å². The topological polar surface area (TPSA) is 58.2 Å². The lowest BCUT2D eigenvalue weighted by Gasteiger charge is -2.16. The number of hydrogen-bond acceptors (Lipinski definition) is 3. The van der Waals surface area contributed by atoms with Crippen LogP contribution >= 0.6 is 11.8 Å². The van der Waals surface area contributed by atoms with Gasteiger partial charge in [-0.15, -0.1) is 11.8 Å². The molecule has 0 aromatic heterocycles. The number of nitrogens with one attached hydrogen (secondary N) is 2. The molecule has 2 aromatic rings. The summed E-state index contributed by atoms with van der Waals surface area (Å²) in [6, 6.07) is 13.6. The van der Waals surface area contributed by atoms with Gasteiger partial charge < -0.3 is 10.6 Å². The quantitative estimate of drug-likeness (QED) is 0.637. The van der Waals surface area contributed by atoms with Gasteiger partial charge in [0.25, 0.3) is 0 Å². The molecule has 6 heteroatoms. The third kappa shape index (κ3) is 4.20. The molecule has 0 spiro atoms. The van der Waals surface area contributed by atoms with Crippen LogP contribution in [0.2, 0.25) is 0 Å². The number of carbonyl (C=O) groups excluding carboxylic acids is 2. The first-order valence-corrected chi connectivity index (χ1v) is 9.24. The molecule has 1 fully saturated rings. The Balaban J connectivity index is 1.57. The summed E-state index contributed by atoms with van der Waals surface area (Å²) in [5.41, 5.74) is 1.40. The van der Waals surface area contributed by atoms with Crippen molar-refractivity contribution >= 4 is 29.3 Å². The van der Waals surface area contributed by atoms with E-state index < -0.39 is 11.8 Å². The molecule has 2 aromatic carbocycles. The van der Waals surface area contributed by atoms with Gasteiger partial charge in [-0.2, -0.15) is 0 Å². The molecule has 2 N–H and O–H groups in total. The molecule has 0 radical (unpaired) electrons. The second-order valence-corrected chi connectivity index (χ2v) is 7.04. The van der Waals surface area contributed by atoms with Crippen LogP contribution in [0.25, 0.3) is 0 Å². The fourth-order valence-corrected chi connectivity index (χ4v) is 3.20. The van der Waals surface area contributed by atoms with Crippen LogP contribution in [0.15, 0.2) is 53.4 Å².